The van der Waals surface area contributed by atoms with E-state index in [0.29, 0.717) is 19.6 Å². The molecule has 0 aliphatic rings. The number of hydrogen-bond donors (Lipinski definition) is 1. The first-order valence-electron chi connectivity index (χ1n) is 9.71. The van der Waals surface area contributed by atoms with Crippen LogP contribution in [-0.4, -0.2) is 25.2 Å². The van der Waals surface area contributed by atoms with E-state index < -0.39 is 6.10 Å². The highest BCUT2D eigenvalue weighted by molar-refractivity contribution is 5.89. The lowest BCUT2D eigenvalue weighted by Gasteiger charge is -2.19. The van der Waals surface area contributed by atoms with Gasteiger partial charge in [0.15, 0.2) is 6.10 Å². The molecule has 0 heterocycles. The Kier molecular flexibility index (Phi) is 6.53. The zero-order valence-corrected chi connectivity index (χ0v) is 16.7. The fourth-order valence-electron chi connectivity index (χ4n) is 3.10. The Labute approximate surface area is 166 Å². The minimum Gasteiger partial charge on any atom is -0.491 e. The van der Waals surface area contributed by atoms with Gasteiger partial charge < -0.3 is 14.8 Å². The minimum atomic E-state index is -0.536. The summed E-state index contributed by atoms with van der Waals surface area (Å²) in [6, 6.07) is 19.9. The molecule has 0 saturated heterocycles. The van der Waals surface area contributed by atoms with Crippen LogP contribution >= 0.6 is 0 Å². The molecule has 0 saturated carbocycles. The number of benzene rings is 3. The van der Waals surface area contributed by atoms with Crippen molar-refractivity contribution in [2.24, 2.45) is 0 Å². The summed E-state index contributed by atoms with van der Waals surface area (Å²) in [5.41, 5.74) is 2.32. The number of rotatable bonds is 8. The molecule has 0 aliphatic heterocycles. The van der Waals surface area contributed by atoms with E-state index in [9.17, 15) is 4.79 Å². The molecular formula is C24H27NO3. The first-order chi connectivity index (χ1) is 13.6. The number of fused-ring (bicyclic) bond motifs is 1. The third-order valence-electron chi connectivity index (χ3n) is 4.90. The predicted molar refractivity (Wildman–Crippen MR) is 113 cm³/mol. The fraction of sp³-hybridized carbons (Fsp3) is 0.292. The van der Waals surface area contributed by atoms with Gasteiger partial charge in [0.1, 0.15) is 18.1 Å². The molecule has 28 heavy (non-hydrogen) atoms. The Balaban J connectivity index is 1.55. The van der Waals surface area contributed by atoms with Gasteiger partial charge in [-0.05, 0) is 48.9 Å². The van der Waals surface area contributed by atoms with Gasteiger partial charge in [0.2, 0.25) is 0 Å². The van der Waals surface area contributed by atoms with Gasteiger partial charge in [0, 0.05) is 5.39 Å². The van der Waals surface area contributed by atoms with Crippen LogP contribution < -0.4 is 14.8 Å². The van der Waals surface area contributed by atoms with E-state index in [1.807, 2.05) is 68.4 Å². The van der Waals surface area contributed by atoms with E-state index in [2.05, 4.69) is 18.3 Å². The summed E-state index contributed by atoms with van der Waals surface area (Å²) in [6.45, 7) is 6.89. The van der Waals surface area contributed by atoms with E-state index >= 15 is 0 Å². The monoisotopic (exact) mass is 377 g/mol. The summed E-state index contributed by atoms with van der Waals surface area (Å²) >= 11 is 0. The number of aryl methyl sites for hydroxylation is 1. The molecule has 0 spiro atoms. The van der Waals surface area contributed by atoms with Crippen molar-refractivity contribution < 1.29 is 14.3 Å². The second-order valence-electron chi connectivity index (χ2n) is 6.83. The van der Waals surface area contributed by atoms with E-state index in [4.69, 9.17) is 9.47 Å². The number of ether oxygens (including phenoxy) is 2. The summed E-state index contributed by atoms with van der Waals surface area (Å²) in [5.74, 6) is 1.46. The van der Waals surface area contributed by atoms with Crippen molar-refractivity contribution >= 4 is 16.7 Å². The van der Waals surface area contributed by atoms with Crippen LogP contribution in [0.4, 0.5) is 0 Å². The van der Waals surface area contributed by atoms with Crippen molar-refractivity contribution in [2.75, 3.05) is 13.2 Å². The lowest BCUT2D eigenvalue weighted by molar-refractivity contribution is -0.128. The third kappa shape index (κ3) is 4.63. The maximum absolute atomic E-state index is 12.6. The van der Waals surface area contributed by atoms with Gasteiger partial charge in [-0.3, -0.25) is 4.79 Å². The Morgan fingerprint density at radius 1 is 0.964 bits per heavy atom. The topological polar surface area (TPSA) is 47.6 Å². The maximum Gasteiger partial charge on any atom is 0.261 e. The molecule has 0 unspecified atom stereocenters. The molecule has 146 valence electrons. The zero-order valence-electron chi connectivity index (χ0n) is 16.7. The van der Waals surface area contributed by atoms with Crippen LogP contribution in [0.15, 0.2) is 60.7 Å². The second kappa shape index (κ2) is 9.27. The molecule has 3 rings (SSSR count). The molecule has 1 atom stereocenters. The largest absolute Gasteiger partial charge is 0.491 e. The van der Waals surface area contributed by atoms with E-state index in [1.54, 1.807) is 0 Å². The van der Waals surface area contributed by atoms with Gasteiger partial charge in [0.25, 0.3) is 5.91 Å². The van der Waals surface area contributed by atoms with Crippen LogP contribution in [0.25, 0.3) is 10.8 Å². The van der Waals surface area contributed by atoms with E-state index in [-0.39, 0.29) is 5.91 Å². The van der Waals surface area contributed by atoms with Crippen LogP contribution in [0.2, 0.25) is 0 Å². The molecule has 3 aromatic rings. The Hall–Kier alpha value is -3.01. The second-order valence-corrected chi connectivity index (χ2v) is 6.83. The third-order valence-corrected chi connectivity index (χ3v) is 4.90. The standard InChI is InChI=1S/C24H27NO3/c1-4-21(28-23-14-8-11-19-10-5-6-12-20(19)23)24(26)25-15-16-27-22-13-7-9-17(2)18(22)3/h5-14,21H,4,15-16H2,1-3H3,(H,25,26)/t21-/m1/s1. The SMILES string of the molecule is CC[C@@H](Oc1cccc2ccccc12)C(=O)NCCOc1cccc(C)c1C. The highest BCUT2D eigenvalue weighted by atomic mass is 16.5. The molecule has 4 heteroatoms. The van der Waals surface area contributed by atoms with Crippen LogP contribution in [0, 0.1) is 13.8 Å². The van der Waals surface area contributed by atoms with Gasteiger partial charge in [-0.2, -0.15) is 0 Å². The van der Waals surface area contributed by atoms with Crippen LogP contribution in [0.1, 0.15) is 24.5 Å². The van der Waals surface area contributed by atoms with Crippen LogP contribution in [0.3, 0.4) is 0 Å². The van der Waals surface area contributed by atoms with Crippen LogP contribution in [-0.2, 0) is 4.79 Å². The Bertz CT molecular complexity index is 946. The summed E-state index contributed by atoms with van der Waals surface area (Å²) in [6.07, 6.45) is 0.0545. The summed E-state index contributed by atoms with van der Waals surface area (Å²) in [4.78, 5) is 12.6. The Morgan fingerprint density at radius 2 is 1.68 bits per heavy atom. The molecule has 0 radical (unpaired) electrons. The normalized spacial score (nSPS) is 11.8. The molecule has 0 aliphatic carbocycles. The number of nitrogens with one attached hydrogen (secondary N) is 1. The van der Waals surface area contributed by atoms with Gasteiger partial charge in [-0.25, -0.2) is 0 Å². The average Bonchev–Trinajstić information content (AvgIpc) is 2.72. The van der Waals surface area contributed by atoms with Crippen molar-refractivity contribution in [3.05, 3.63) is 71.8 Å². The van der Waals surface area contributed by atoms with Crippen LogP contribution in [0.5, 0.6) is 11.5 Å². The van der Waals surface area contributed by atoms with Gasteiger partial charge in [0.05, 0.1) is 6.54 Å². The smallest absolute Gasteiger partial charge is 0.261 e. The van der Waals surface area contributed by atoms with Crippen molar-refractivity contribution in [1.29, 1.82) is 0 Å². The van der Waals surface area contributed by atoms with Gasteiger partial charge in [-0.15, -0.1) is 0 Å². The number of amides is 1. The molecular weight excluding hydrogens is 350 g/mol. The molecule has 0 fully saturated rings. The fourth-order valence-corrected chi connectivity index (χ4v) is 3.10. The van der Waals surface area contributed by atoms with Gasteiger partial charge in [-0.1, -0.05) is 55.5 Å². The average molecular weight is 377 g/mol. The molecule has 1 amide bonds. The number of carbonyl (C=O) groups excluding carboxylic acids is 1. The van der Waals surface area contributed by atoms with Crippen molar-refractivity contribution in [1.82, 2.24) is 5.32 Å². The lowest BCUT2D eigenvalue weighted by Crippen LogP contribution is -2.39. The first kappa shape index (κ1) is 19.7. The first-order valence-corrected chi connectivity index (χ1v) is 9.71. The lowest BCUT2D eigenvalue weighted by atomic mass is 10.1. The van der Waals surface area contributed by atoms with Crippen molar-refractivity contribution in [3.63, 3.8) is 0 Å². The quantitative estimate of drug-likeness (QED) is 0.573. The number of hydrogen-bond acceptors (Lipinski definition) is 3. The highest BCUT2D eigenvalue weighted by Crippen LogP contribution is 2.26. The molecule has 3 aromatic carbocycles. The summed E-state index contributed by atoms with van der Waals surface area (Å²) in [7, 11) is 0. The maximum atomic E-state index is 12.6. The molecule has 1 N–H and O–H groups in total. The predicted octanol–water partition coefficient (Wildman–Crippen LogP) is 4.81. The molecule has 0 aromatic heterocycles. The minimum absolute atomic E-state index is 0.125. The van der Waals surface area contributed by atoms with Gasteiger partial charge >= 0.3 is 0 Å². The molecule has 4 nitrogen and oxygen atoms in total. The Morgan fingerprint density at radius 3 is 2.50 bits per heavy atom. The molecule has 0 bridgehead atoms. The van der Waals surface area contributed by atoms with Crippen molar-refractivity contribution in [3.8, 4) is 11.5 Å². The van der Waals surface area contributed by atoms with E-state index in [0.717, 1.165) is 27.8 Å². The highest BCUT2D eigenvalue weighted by Gasteiger charge is 2.19. The summed E-state index contributed by atoms with van der Waals surface area (Å²) < 4.78 is 11.8. The van der Waals surface area contributed by atoms with Crippen molar-refractivity contribution in [2.45, 2.75) is 33.3 Å². The summed E-state index contributed by atoms with van der Waals surface area (Å²) in [5, 5.41) is 5.02. The van der Waals surface area contributed by atoms with E-state index in [1.165, 1.54) is 5.56 Å². The number of carbonyl (C=O) groups is 1. The zero-order chi connectivity index (χ0) is 19.9.